The minimum atomic E-state index is -0.202. The molecule has 0 amide bonds. The van der Waals surface area contributed by atoms with Crippen LogP contribution in [0.5, 0.6) is 0 Å². The normalized spacial score (nSPS) is 26.2. The molecule has 1 heterocycles. The number of hydrogen-bond donors (Lipinski definition) is 0. The van der Waals surface area contributed by atoms with Crippen LogP contribution >= 0.6 is 0 Å². The maximum absolute atomic E-state index is 5.62. The van der Waals surface area contributed by atoms with Gasteiger partial charge in [0, 0.05) is 26.4 Å². The van der Waals surface area contributed by atoms with Crippen LogP contribution < -0.4 is 0 Å². The summed E-state index contributed by atoms with van der Waals surface area (Å²) >= 11 is 0. The highest BCUT2D eigenvalue weighted by molar-refractivity contribution is 4.72. The molecule has 0 saturated carbocycles. The van der Waals surface area contributed by atoms with E-state index in [2.05, 4.69) is 0 Å². The van der Waals surface area contributed by atoms with Crippen molar-refractivity contribution in [3.05, 3.63) is 0 Å². The van der Waals surface area contributed by atoms with E-state index in [1.165, 1.54) is 0 Å². The summed E-state index contributed by atoms with van der Waals surface area (Å²) in [5.74, 6) is 0.189. The van der Waals surface area contributed by atoms with Gasteiger partial charge >= 0.3 is 0 Å². The van der Waals surface area contributed by atoms with Gasteiger partial charge in [0.05, 0.1) is 5.92 Å². The molecule has 16 heavy (non-hydrogen) atoms. The predicted molar refractivity (Wildman–Crippen MR) is 61.1 cm³/mol. The molecule has 0 radical (unpaired) electrons. The molecule has 2 atom stereocenters. The smallest absolute Gasteiger partial charge is 0.165 e. The van der Waals surface area contributed by atoms with Crippen molar-refractivity contribution in [2.45, 2.75) is 46.2 Å². The lowest BCUT2D eigenvalue weighted by Crippen LogP contribution is -2.42. The second-order valence-electron chi connectivity index (χ2n) is 3.78. The number of rotatable bonds is 7. The molecular weight excluding hydrogens is 208 g/mol. The summed E-state index contributed by atoms with van der Waals surface area (Å²) in [6.07, 6.45) is 1.70. The van der Waals surface area contributed by atoms with E-state index in [0.717, 1.165) is 19.4 Å². The molecule has 0 bridgehead atoms. The fourth-order valence-electron chi connectivity index (χ4n) is 2.00. The van der Waals surface area contributed by atoms with Crippen molar-refractivity contribution in [3.63, 3.8) is 0 Å². The van der Waals surface area contributed by atoms with Crippen molar-refractivity contribution >= 4 is 0 Å². The largest absolute Gasteiger partial charge is 0.352 e. The lowest BCUT2D eigenvalue weighted by atomic mass is 9.99. The first-order valence-corrected chi connectivity index (χ1v) is 6.29. The fraction of sp³-hybridized carbons (Fsp3) is 1.00. The average molecular weight is 232 g/mol. The van der Waals surface area contributed by atoms with Gasteiger partial charge in [0.25, 0.3) is 0 Å². The van der Waals surface area contributed by atoms with Crippen LogP contribution in [0, 0.1) is 5.92 Å². The Labute approximate surface area is 98.2 Å². The molecule has 1 fully saturated rings. The molecule has 1 rings (SSSR count). The van der Waals surface area contributed by atoms with E-state index >= 15 is 0 Å². The van der Waals surface area contributed by atoms with Gasteiger partial charge in [0.2, 0.25) is 0 Å². The van der Waals surface area contributed by atoms with Crippen LogP contribution in [0.3, 0.4) is 0 Å². The SMILES string of the molecule is CCOC(OCC)C1CCCOC1OCC. The van der Waals surface area contributed by atoms with Crippen LogP contribution in [0.2, 0.25) is 0 Å². The van der Waals surface area contributed by atoms with E-state index in [0.29, 0.717) is 19.8 Å². The van der Waals surface area contributed by atoms with E-state index in [1.807, 2.05) is 20.8 Å². The van der Waals surface area contributed by atoms with Crippen molar-refractivity contribution in [2.24, 2.45) is 5.92 Å². The van der Waals surface area contributed by atoms with Crippen molar-refractivity contribution in [1.29, 1.82) is 0 Å². The molecule has 0 N–H and O–H groups in total. The van der Waals surface area contributed by atoms with E-state index < -0.39 is 0 Å². The minimum absolute atomic E-state index is 0.179. The third-order valence-corrected chi connectivity index (χ3v) is 2.66. The quantitative estimate of drug-likeness (QED) is 0.630. The molecule has 1 aliphatic heterocycles. The van der Waals surface area contributed by atoms with Gasteiger partial charge in [-0.05, 0) is 33.6 Å². The van der Waals surface area contributed by atoms with Crippen molar-refractivity contribution < 1.29 is 18.9 Å². The van der Waals surface area contributed by atoms with Crippen molar-refractivity contribution in [3.8, 4) is 0 Å². The van der Waals surface area contributed by atoms with Gasteiger partial charge < -0.3 is 18.9 Å². The first-order chi connectivity index (χ1) is 7.83. The van der Waals surface area contributed by atoms with Gasteiger partial charge in [-0.25, -0.2) is 0 Å². The summed E-state index contributed by atoms with van der Waals surface area (Å²) in [6.45, 7) is 8.67. The van der Waals surface area contributed by atoms with Crippen LogP contribution in [0.15, 0.2) is 0 Å². The molecule has 0 spiro atoms. The molecule has 4 nitrogen and oxygen atoms in total. The highest BCUT2D eigenvalue weighted by Gasteiger charge is 2.34. The Morgan fingerprint density at radius 3 is 2.38 bits per heavy atom. The van der Waals surface area contributed by atoms with Gasteiger partial charge in [-0.3, -0.25) is 0 Å². The standard InChI is InChI=1S/C12H24O4/c1-4-13-11(14-5-2)10-8-7-9-16-12(10)15-6-3/h10-12H,4-9H2,1-3H3. The summed E-state index contributed by atoms with van der Waals surface area (Å²) in [6, 6.07) is 0. The van der Waals surface area contributed by atoms with Gasteiger partial charge in [-0.2, -0.15) is 0 Å². The second kappa shape index (κ2) is 8.01. The Bertz CT molecular complexity index is 166. The van der Waals surface area contributed by atoms with Crippen molar-refractivity contribution in [1.82, 2.24) is 0 Å². The maximum atomic E-state index is 5.62. The van der Waals surface area contributed by atoms with Gasteiger partial charge in [0.1, 0.15) is 0 Å². The zero-order valence-corrected chi connectivity index (χ0v) is 10.6. The van der Waals surface area contributed by atoms with Gasteiger partial charge in [0.15, 0.2) is 12.6 Å². The first kappa shape index (κ1) is 13.9. The molecule has 0 aromatic carbocycles. The monoisotopic (exact) mass is 232 g/mol. The molecule has 1 aliphatic rings. The van der Waals surface area contributed by atoms with Gasteiger partial charge in [-0.15, -0.1) is 0 Å². The molecule has 0 aromatic rings. The highest BCUT2D eigenvalue weighted by atomic mass is 16.7. The molecule has 0 aromatic heterocycles. The van der Waals surface area contributed by atoms with Crippen LogP contribution in [0.4, 0.5) is 0 Å². The van der Waals surface area contributed by atoms with Crippen LogP contribution in [-0.4, -0.2) is 39.0 Å². The summed E-state index contributed by atoms with van der Waals surface area (Å²) in [5.41, 5.74) is 0. The Morgan fingerprint density at radius 2 is 1.81 bits per heavy atom. The second-order valence-corrected chi connectivity index (χ2v) is 3.78. The summed E-state index contributed by atoms with van der Waals surface area (Å²) < 4.78 is 22.4. The Balaban J connectivity index is 2.54. The Kier molecular flexibility index (Phi) is 6.96. The average Bonchev–Trinajstić information content (AvgIpc) is 2.30. The summed E-state index contributed by atoms with van der Waals surface area (Å²) in [5, 5.41) is 0. The third-order valence-electron chi connectivity index (χ3n) is 2.66. The van der Waals surface area contributed by atoms with Crippen LogP contribution in [-0.2, 0) is 18.9 Å². The zero-order chi connectivity index (χ0) is 11.8. The molecule has 96 valence electrons. The first-order valence-electron chi connectivity index (χ1n) is 6.29. The fourth-order valence-corrected chi connectivity index (χ4v) is 2.00. The topological polar surface area (TPSA) is 36.9 Å². The van der Waals surface area contributed by atoms with Crippen molar-refractivity contribution in [2.75, 3.05) is 26.4 Å². The molecule has 0 aliphatic carbocycles. The Hall–Kier alpha value is -0.160. The van der Waals surface area contributed by atoms with E-state index in [4.69, 9.17) is 18.9 Å². The molecule has 4 heteroatoms. The lowest BCUT2D eigenvalue weighted by Gasteiger charge is -2.35. The van der Waals surface area contributed by atoms with E-state index in [-0.39, 0.29) is 18.5 Å². The van der Waals surface area contributed by atoms with E-state index in [1.54, 1.807) is 0 Å². The number of hydrogen-bond acceptors (Lipinski definition) is 4. The maximum Gasteiger partial charge on any atom is 0.165 e. The van der Waals surface area contributed by atoms with Crippen LogP contribution in [0.1, 0.15) is 33.6 Å². The minimum Gasteiger partial charge on any atom is -0.352 e. The summed E-state index contributed by atoms with van der Waals surface area (Å²) in [7, 11) is 0. The summed E-state index contributed by atoms with van der Waals surface area (Å²) in [4.78, 5) is 0. The number of ether oxygens (including phenoxy) is 4. The zero-order valence-electron chi connectivity index (χ0n) is 10.6. The molecule has 1 saturated heterocycles. The predicted octanol–water partition coefficient (Wildman–Crippen LogP) is 2.17. The third kappa shape index (κ3) is 4.01. The highest BCUT2D eigenvalue weighted by Crippen LogP contribution is 2.27. The van der Waals surface area contributed by atoms with E-state index in [9.17, 15) is 0 Å². The molecular formula is C12H24O4. The molecule has 2 unspecified atom stereocenters. The lowest BCUT2D eigenvalue weighted by molar-refractivity contribution is -0.263. The van der Waals surface area contributed by atoms with Gasteiger partial charge in [-0.1, -0.05) is 0 Å². The Morgan fingerprint density at radius 1 is 1.12 bits per heavy atom. The van der Waals surface area contributed by atoms with Crippen LogP contribution in [0.25, 0.3) is 0 Å².